The number of para-hydroxylation sites is 2. The zero-order chi connectivity index (χ0) is 20.1. The van der Waals surface area contributed by atoms with Crippen LogP contribution in [-0.2, 0) is 25.6 Å². The van der Waals surface area contributed by atoms with E-state index in [1.807, 2.05) is 38.2 Å². The zero-order valence-corrected chi connectivity index (χ0v) is 18.4. The number of benzene rings is 1. The van der Waals surface area contributed by atoms with E-state index in [-0.39, 0.29) is 5.56 Å². The Morgan fingerprint density at radius 2 is 1.97 bits per heavy atom. The highest BCUT2D eigenvalue weighted by Crippen LogP contribution is 2.36. The van der Waals surface area contributed by atoms with Crippen LogP contribution in [0.15, 0.2) is 34.2 Å². The van der Waals surface area contributed by atoms with Gasteiger partial charge in [-0.15, -0.1) is 11.3 Å². The summed E-state index contributed by atoms with van der Waals surface area (Å²) in [6.45, 7) is 4.27. The lowest BCUT2D eigenvalue weighted by molar-refractivity contribution is 0.509. The monoisotopic (exact) mass is 422 g/mol. The zero-order valence-electron chi connectivity index (χ0n) is 16.7. The van der Waals surface area contributed by atoms with E-state index in [2.05, 4.69) is 11.9 Å². The molecule has 3 heterocycles. The second-order valence-electron chi connectivity index (χ2n) is 7.82. The molecule has 0 spiro atoms. The van der Waals surface area contributed by atoms with Gasteiger partial charge in [0, 0.05) is 17.7 Å². The number of thiophene rings is 1. The van der Waals surface area contributed by atoms with Crippen molar-refractivity contribution in [2.45, 2.75) is 44.0 Å². The van der Waals surface area contributed by atoms with Crippen LogP contribution in [0.5, 0.6) is 0 Å². The van der Waals surface area contributed by atoms with Crippen molar-refractivity contribution >= 4 is 44.3 Å². The minimum Gasteiger partial charge on any atom is -0.290 e. The van der Waals surface area contributed by atoms with E-state index in [0.29, 0.717) is 11.7 Å². The molecule has 0 N–H and O–H groups in total. The van der Waals surface area contributed by atoms with Crippen LogP contribution in [0.1, 0.15) is 35.2 Å². The van der Waals surface area contributed by atoms with E-state index < -0.39 is 0 Å². The Bertz CT molecular complexity index is 1310. The predicted octanol–water partition coefficient (Wildman–Crippen LogP) is 4.66. The fourth-order valence-electron chi connectivity index (χ4n) is 3.98. The van der Waals surface area contributed by atoms with Crippen molar-refractivity contribution in [1.29, 1.82) is 0 Å². The smallest absolute Gasteiger partial charge is 0.262 e. The van der Waals surface area contributed by atoms with E-state index >= 15 is 0 Å². The van der Waals surface area contributed by atoms with Crippen LogP contribution in [-0.4, -0.2) is 19.5 Å². The van der Waals surface area contributed by atoms with Gasteiger partial charge in [-0.1, -0.05) is 30.8 Å². The second-order valence-corrected chi connectivity index (χ2v) is 9.85. The highest BCUT2D eigenvalue weighted by atomic mass is 32.2. The van der Waals surface area contributed by atoms with E-state index in [0.717, 1.165) is 57.1 Å². The van der Waals surface area contributed by atoms with Crippen molar-refractivity contribution in [3.05, 3.63) is 56.4 Å². The summed E-state index contributed by atoms with van der Waals surface area (Å²) in [5, 5.41) is 1.58. The van der Waals surface area contributed by atoms with Gasteiger partial charge in [0.25, 0.3) is 5.56 Å². The van der Waals surface area contributed by atoms with Crippen molar-refractivity contribution in [2.24, 2.45) is 13.0 Å². The number of rotatable bonds is 3. The van der Waals surface area contributed by atoms with E-state index in [1.165, 1.54) is 10.4 Å². The third kappa shape index (κ3) is 3.26. The molecule has 1 unspecified atom stereocenters. The van der Waals surface area contributed by atoms with Crippen LogP contribution in [0.3, 0.4) is 0 Å². The van der Waals surface area contributed by atoms with Gasteiger partial charge in [-0.3, -0.25) is 9.36 Å². The van der Waals surface area contributed by atoms with E-state index in [4.69, 9.17) is 9.97 Å². The van der Waals surface area contributed by atoms with Crippen molar-refractivity contribution in [1.82, 2.24) is 19.5 Å². The molecule has 1 aliphatic rings. The molecular weight excluding hydrogens is 400 g/mol. The summed E-state index contributed by atoms with van der Waals surface area (Å²) in [4.78, 5) is 29.6. The van der Waals surface area contributed by atoms with Crippen molar-refractivity contribution < 1.29 is 0 Å². The first-order chi connectivity index (χ1) is 14.0. The van der Waals surface area contributed by atoms with Crippen LogP contribution < -0.4 is 5.56 Å². The SMILES string of the molecule is Cc1nc2ccccc2nc1CSc1nc2sc3c(c2c(=O)n1C)CCC(C)C3. The van der Waals surface area contributed by atoms with Crippen LogP contribution in [0.4, 0.5) is 0 Å². The standard InChI is InChI=1S/C22H22N4OS2/c1-12-8-9-14-18(10-12)29-20-19(14)21(27)26(3)22(25-20)28-11-17-13(2)23-15-6-4-5-7-16(15)24-17/h4-7,12H,8-11H2,1-3H3. The number of aryl methyl sites for hydroxylation is 2. The van der Waals surface area contributed by atoms with Crippen molar-refractivity contribution in [3.63, 3.8) is 0 Å². The van der Waals surface area contributed by atoms with Gasteiger partial charge < -0.3 is 0 Å². The molecule has 1 aliphatic carbocycles. The molecule has 0 amide bonds. The number of hydrogen-bond acceptors (Lipinski definition) is 6. The lowest BCUT2D eigenvalue weighted by Gasteiger charge is -2.17. The maximum Gasteiger partial charge on any atom is 0.262 e. The fraction of sp³-hybridized carbons (Fsp3) is 0.364. The summed E-state index contributed by atoms with van der Waals surface area (Å²) in [6, 6.07) is 7.90. The first-order valence-electron chi connectivity index (χ1n) is 9.87. The third-order valence-corrected chi connectivity index (χ3v) is 7.87. The molecule has 0 fully saturated rings. The van der Waals surface area contributed by atoms with Crippen LogP contribution in [0.2, 0.25) is 0 Å². The molecule has 5 nitrogen and oxygen atoms in total. The van der Waals surface area contributed by atoms with Gasteiger partial charge in [0.1, 0.15) is 4.83 Å². The summed E-state index contributed by atoms with van der Waals surface area (Å²) in [6.07, 6.45) is 3.21. The summed E-state index contributed by atoms with van der Waals surface area (Å²) in [7, 11) is 1.82. The van der Waals surface area contributed by atoms with Crippen molar-refractivity contribution in [2.75, 3.05) is 0 Å². The topological polar surface area (TPSA) is 60.7 Å². The Hall–Kier alpha value is -2.25. The summed E-state index contributed by atoms with van der Waals surface area (Å²) in [5.41, 5.74) is 4.97. The molecule has 0 radical (unpaired) electrons. The molecule has 0 saturated carbocycles. The van der Waals surface area contributed by atoms with Crippen LogP contribution >= 0.6 is 23.1 Å². The van der Waals surface area contributed by atoms with Crippen LogP contribution in [0.25, 0.3) is 21.3 Å². The molecule has 0 aliphatic heterocycles. The number of fused-ring (bicyclic) bond motifs is 4. The second kappa shape index (κ2) is 7.22. The normalized spacial score (nSPS) is 16.4. The molecule has 1 aromatic carbocycles. The van der Waals surface area contributed by atoms with Gasteiger partial charge >= 0.3 is 0 Å². The van der Waals surface area contributed by atoms with Gasteiger partial charge in [-0.05, 0) is 49.8 Å². The molecule has 5 rings (SSSR count). The Labute approximate surface area is 177 Å². The molecule has 29 heavy (non-hydrogen) atoms. The number of aromatic nitrogens is 4. The molecule has 3 aromatic heterocycles. The lowest BCUT2D eigenvalue weighted by atomic mass is 9.89. The molecule has 1 atom stereocenters. The Kier molecular flexibility index (Phi) is 4.67. The first kappa shape index (κ1) is 18.8. The number of hydrogen-bond donors (Lipinski definition) is 0. The minimum absolute atomic E-state index is 0.0749. The Balaban J connectivity index is 1.50. The van der Waals surface area contributed by atoms with E-state index in [1.54, 1.807) is 27.7 Å². The number of nitrogens with zero attached hydrogens (tertiary/aromatic N) is 4. The highest BCUT2D eigenvalue weighted by molar-refractivity contribution is 7.98. The largest absolute Gasteiger partial charge is 0.290 e. The van der Waals surface area contributed by atoms with Gasteiger partial charge in [0.05, 0.1) is 27.8 Å². The maximum atomic E-state index is 13.1. The van der Waals surface area contributed by atoms with Crippen LogP contribution in [0, 0.1) is 12.8 Å². The quantitative estimate of drug-likeness (QED) is 0.355. The summed E-state index contributed by atoms with van der Waals surface area (Å²) in [5.74, 6) is 1.32. The van der Waals surface area contributed by atoms with Gasteiger partial charge in [0.2, 0.25) is 0 Å². The van der Waals surface area contributed by atoms with Crippen molar-refractivity contribution in [3.8, 4) is 0 Å². The molecule has 0 bridgehead atoms. The predicted molar refractivity (Wildman–Crippen MR) is 120 cm³/mol. The summed E-state index contributed by atoms with van der Waals surface area (Å²) >= 11 is 3.26. The van der Waals surface area contributed by atoms with Gasteiger partial charge in [0.15, 0.2) is 5.16 Å². The molecule has 4 aromatic rings. The van der Waals surface area contributed by atoms with E-state index in [9.17, 15) is 4.79 Å². The van der Waals surface area contributed by atoms with Gasteiger partial charge in [-0.2, -0.15) is 0 Å². The lowest BCUT2D eigenvalue weighted by Crippen LogP contribution is -2.21. The average molecular weight is 423 g/mol. The maximum absolute atomic E-state index is 13.1. The summed E-state index contributed by atoms with van der Waals surface area (Å²) < 4.78 is 1.70. The average Bonchev–Trinajstić information content (AvgIpc) is 3.07. The number of thioether (sulfide) groups is 1. The fourth-order valence-corrected chi connectivity index (χ4v) is 6.38. The molecule has 148 valence electrons. The molecule has 0 saturated heterocycles. The molecular formula is C22H22N4OS2. The minimum atomic E-state index is 0.0749. The Morgan fingerprint density at radius 3 is 2.76 bits per heavy atom. The Morgan fingerprint density at radius 1 is 1.21 bits per heavy atom. The van der Waals surface area contributed by atoms with Gasteiger partial charge in [-0.25, -0.2) is 15.0 Å². The highest BCUT2D eigenvalue weighted by Gasteiger charge is 2.24. The third-order valence-electron chi connectivity index (χ3n) is 5.68. The first-order valence-corrected chi connectivity index (χ1v) is 11.7. The molecule has 7 heteroatoms.